The molecule has 0 aromatic heterocycles. The molecule has 0 aliphatic rings. The van der Waals surface area contributed by atoms with E-state index in [1.807, 2.05) is 30.3 Å². The van der Waals surface area contributed by atoms with Gasteiger partial charge in [0.05, 0.1) is 16.3 Å². The van der Waals surface area contributed by atoms with Crippen molar-refractivity contribution in [2.75, 3.05) is 10.8 Å². The van der Waals surface area contributed by atoms with Crippen molar-refractivity contribution in [1.82, 2.24) is 5.43 Å². The first kappa shape index (κ1) is 23.0. The molecule has 0 aliphatic heterocycles. The van der Waals surface area contributed by atoms with E-state index < -0.39 is 22.5 Å². The van der Waals surface area contributed by atoms with Crippen LogP contribution in [0.15, 0.2) is 88.9 Å². The van der Waals surface area contributed by atoms with Crippen LogP contribution in [0.25, 0.3) is 0 Å². The summed E-state index contributed by atoms with van der Waals surface area (Å²) in [6.45, 7) is 3.19. The van der Waals surface area contributed by atoms with E-state index >= 15 is 0 Å². The number of rotatable bonds is 7. The molecule has 1 amide bonds. The lowest BCUT2D eigenvalue weighted by atomic mass is 10.1. The van der Waals surface area contributed by atoms with Crippen LogP contribution in [0.4, 0.5) is 5.69 Å². The minimum Gasteiger partial charge on any atom is -0.271 e. The second-order valence-electron chi connectivity index (χ2n) is 6.85. The van der Waals surface area contributed by atoms with Crippen LogP contribution in [0.2, 0.25) is 0 Å². The van der Waals surface area contributed by atoms with Crippen LogP contribution < -0.4 is 9.73 Å². The Bertz CT molecular complexity index is 1210. The highest BCUT2D eigenvalue weighted by atomic mass is 127. The van der Waals surface area contributed by atoms with Crippen molar-refractivity contribution < 1.29 is 13.2 Å². The average molecular weight is 547 g/mol. The van der Waals surface area contributed by atoms with Gasteiger partial charge in [0.2, 0.25) is 0 Å². The Balaban J connectivity index is 1.88. The number of carbonyl (C=O) groups is 1. The molecule has 160 valence electrons. The molecule has 1 N–H and O–H groups in total. The molecular formula is C23H22IN3O3S. The molecule has 0 atom stereocenters. The van der Waals surface area contributed by atoms with Crippen molar-refractivity contribution in [2.24, 2.45) is 5.10 Å². The Morgan fingerprint density at radius 2 is 1.68 bits per heavy atom. The number of benzene rings is 3. The molecule has 0 bridgehead atoms. The molecule has 0 spiro atoms. The Morgan fingerprint density at radius 1 is 1.00 bits per heavy atom. The Hall–Kier alpha value is -2.72. The van der Waals surface area contributed by atoms with Gasteiger partial charge >= 0.3 is 0 Å². The number of nitrogens with zero attached hydrogens (tertiary/aromatic N) is 2. The molecular weight excluding hydrogens is 525 g/mol. The van der Waals surface area contributed by atoms with Gasteiger partial charge in [0, 0.05) is 3.57 Å². The first-order chi connectivity index (χ1) is 14.8. The lowest BCUT2D eigenvalue weighted by molar-refractivity contribution is -0.119. The monoisotopic (exact) mass is 547 g/mol. The number of hydrazone groups is 1. The van der Waals surface area contributed by atoms with E-state index in [4.69, 9.17) is 0 Å². The molecule has 0 unspecified atom stereocenters. The number of carbonyl (C=O) groups excluding carboxylic acids is 1. The Labute approximate surface area is 196 Å². The van der Waals surface area contributed by atoms with Crippen LogP contribution in [0.5, 0.6) is 0 Å². The first-order valence-electron chi connectivity index (χ1n) is 9.51. The molecule has 0 heterocycles. The summed E-state index contributed by atoms with van der Waals surface area (Å²) < 4.78 is 28.8. The maximum Gasteiger partial charge on any atom is 0.264 e. The van der Waals surface area contributed by atoms with Gasteiger partial charge in [-0.15, -0.1) is 0 Å². The van der Waals surface area contributed by atoms with Crippen molar-refractivity contribution in [2.45, 2.75) is 18.7 Å². The summed E-state index contributed by atoms with van der Waals surface area (Å²) in [6, 6.07) is 22.8. The van der Waals surface area contributed by atoms with E-state index in [2.05, 4.69) is 33.1 Å². The maximum atomic E-state index is 13.3. The van der Waals surface area contributed by atoms with Crippen molar-refractivity contribution in [3.63, 3.8) is 0 Å². The van der Waals surface area contributed by atoms with E-state index in [1.54, 1.807) is 50.2 Å². The van der Waals surface area contributed by atoms with Crippen LogP contribution in [-0.4, -0.2) is 26.6 Å². The number of amides is 1. The van der Waals surface area contributed by atoms with Gasteiger partial charge in [0.1, 0.15) is 6.54 Å². The number of para-hydroxylation sites is 1. The summed E-state index contributed by atoms with van der Waals surface area (Å²) in [5, 5.41) is 4.15. The van der Waals surface area contributed by atoms with Crippen LogP contribution in [0.3, 0.4) is 0 Å². The van der Waals surface area contributed by atoms with Crippen molar-refractivity contribution in [3.8, 4) is 0 Å². The van der Waals surface area contributed by atoms with Crippen LogP contribution in [-0.2, 0) is 14.8 Å². The van der Waals surface area contributed by atoms with Gasteiger partial charge < -0.3 is 0 Å². The molecule has 0 aliphatic carbocycles. The Morgan fingerprint density at radius 3 is 2.35 bits per heavy atom. The van der Waals surface area contributed by atoms with E-state index in [9.17, 15) is 13.2 Å². The third-order valence-electron chi connectivity index (χ3n) is 4.59. The fourth-order valence-corrected chi connectivity index (χ4v) is 5.00. The zero-order valence-corrected chi connectivity index (χ0v) is 20.1. The molecule has 0 saturated heterocycles. The summed E-state index contributed by atoms with van der Waals surface area (Å²) in [5.74, 6) is -0.535. The average Bonchev–Trinajstić information content (AvgIpc) is 2.77. The van der Waals surface area contributed by atoms with E-state index in [-0.39, 0.29) is 4.90 Å². The number of hydrogen-bond acceptors (Lipinski definition) is 4. The quantitative estimate of drug-likeness (QED) is 0.272. The molecule has 3 aromatic rings. The number of aryl methyl sites for hydroxylation is 1. The third-order valence-corrected chi connectivity index (χ3v) is 7.04. The molecule has 0 saturated carbocycles. The normalized spacial score (nSPS) is 11.8. The molecule has 31 heavy (non-hydrogen) atoms. The van der Waals surface area contributed by atoms with E-state index in [1.165, 1.54) is 12.1 Å². The molecule has 8 heteroatoms. The van der Waals surface area contributed by atoms with Crippen molar-refractivity contribution in [3.05, 3.63) is 93.6 Å². The highest BCUT2D eigenvalue weighted by molar-refractivity contribution is 14.1. The summed E-state index contributed by atoms with van der Waals surface area (Å²) in [4.78, 5) is 12.8. The third kappa shape index (κ3) is 5.71. The zero-order valence-electron chi connectivity index (χ0n) is 17.1. The predicted octanol–water partition coefficient (Wildman–Crippen LogP) is 4.34. The second kappa shape index (κ2) is 10.1. The molecule has 0 fully saturated rings. The number of anilines is 1. The van der Waals surface area contributed by atoms with E-state index in [0.717, 1.165) is 19.0 Å². The van der Waals surface area contributed by atoms with Crippen LogP contribution >= 0.6 is 22.6 Å². The Kier molecular flexibility index (Phi) is 7.45. The maximum absolute atomic E-state index is 13.3. The van der Waals surface area contributed by atoms with Gasteiger partial charge in [-0.1, -0.05) is 48.5 Å². The van der Waals surface area contributed by atoms with Gasteiger partial charge in [-0.05, 0) is 77.9 Å². The molecule has 0 radical (unpaired) electrons. The molecule has 6 nitrogen and oxygen atoms in total. The summed E-state index contributed by atoms with van der Waals surface area (Å²) in [7, 11) is -3.94. The van der Waals surface area contributed by atoms with Gasteiger partial charge in [-0.2, -0.15) is 5.10 Å². The van der Waals surface area contributed by atoms with Gasteiger partial charge in [0.25, 0.3) is 15.9 Å². The van der Waals surface area contributed by atoms with Crippen molar-refractivity contribution in [1.29, 1.82) is 0 Å². The lowest BCUT2D eigenvalue weighted by Crippen LogP contribution is -2.40. The first-order valence-corrected chi connectivity index (χ1v) is 12.0. The minimum atomic E-state index is -3.94. The minimum absolute atomic E-state index is 0.115. The fourth-order valence-electron chi connectivity index (χ4n) is 2.95. The standard InChI is InChI=1S/C23H22IN3O3S/c1-17-9-6-7-14-22(17)27(31(29,30)21-12-4-3-5-13-21)16-23(28)26-25-18(2)19-10-8-11-20(24)15-19/h3-15H,16H2,1-2H3,(H,26,28)/b25-18+. The molecule has 3 rings (SSSR count). The number of hydrogen-bond donors (Lipinski definition) is 1. The molecule has 3 aromatic carbocycles. The zero-order chi connectivity index (χ0) is 22.4. The van der Waals surface area contributed by atoms with Gasteiger partial charge in [-0.25, -0.2) is 13.8 Å². The number of sulfonamides is 1. The topological polar surface area (TPSA) is 78.8 Å². The highest BCUT2D eigenvalue weighted by Crippen LogP contribution is 2.26. The SMILES string of the molecule is C/C(=N\NC(=O)CN(c1ccccc1C)S(=O)(=O)c1ccccc1)c1cccc(I)c1. The van der Waals surface area contributed by atoms with Gasteiger partial charge in [0.15, 0.2) is 0 Å². The highest BCUT2D eigenvalue weighted by Gasteiger charge is 2.28. The van der Waals surface area contributed by atoms with E-state index in [0.29, 0.717) is 11.4 Å². The van der Waals surface area contributed by atoms with Crippen molar-refractivity contribution >= 4 is 49.9 Å². The predicted molar refractivity (Wildman–Crippen MR) is 132 cm³/mol. The largest absolute Gasteiger partial charge is 0.271 e. The summed E-state index contributed by atoms with van der Waals surface area (Å²) >= 11 is 2.20. The summed E-state index contributed by atoms with van der Waals surface area (Å²) in [6.07, 6.45) is 0. The lowest BCUT2D eigenvalue weighted by Gasteiger charge is -2.25. The number of halogens is 1. The smallest absolute Gasteiger partial charge is 0.264 e. The number of nitrogens with one attached hydrogen (secondary N) is 1. The van der Waals surface area contributed by atoms with Crippen LogP contribution in [0.1, 0.15) is 18.1 Å². The van der Waals surface area contributed by atoms with Gasteiger partial charge in [-0.3, -0.25) is 9.10 Å². The summed E-state index contributed by atoms with van der Waals surface area (Å²) in [5.41, 5.74) is 5.17. The fraction of sp³-hybridized carbons (Fsp3) is 0.130. The second-order valence-corrected chi connectivity index (χ2v) is 9.96. The van der Waals surface area contributed by atoms with Crippen LogP contribution in [0, 0.1) is 10.5 Å².